The highest BCUT2D eigenvalue weighted by molar-refractivity contribution is 7.15. The molecular formula is C11H8Cl2N2OS. The van der Waals surface area contributed by atoms with Gasteiger partial charge >= 0.3 is 0 Å². The number of anilines is 1. The minimum Gasteiger partial charge on any atom is -0.491 e. The van der Waals surface area contributed by atoms with Crippen molar-refractivity contribution in [2.45, 2.75) is 6.42 Å². The fourth-order valence-corrected chi connectivity index (χ4v) is 3.25. The topological polar surface area (TPSA) is 48.1 Å². The van der Waals surface area contributed by atoms with E-state index in [0.29, 0.717) is 27.5 Å². The second-order valence-corrected chi connectivity index (χ2v) is 5.65. The molecule has 0 spiro atoms. The molecule has 1 aliphatic heterocycles. The minimum atomic E-state index is 0.506. The Morgan fingerprint density at radius 1 is 1.35 bits per heavy atom. The molecule has 17 heavy (non-hydrogen) atoms. The predicted molar refractivity (Wildman–Crippen MR) is 71.2 cm³/mol. The van der Waals surface area contributed by atoms with E-state index in [0.717, 1.165) is 22.6 Å². The molecule has 6 heteroatoms. The van der Waals surface area contributed by atoms with Gasteiger partial charge in [0.1, 0.15) is 5.75 Å². The van der Waals surface area contributed by atoms with Gasteiger partial charge in [0.05, 0.1) is 17.3 Å². The zero-order valence-electron chi connectivity index (χ0n) is 8.67. The lowest BCUT2D eigenvalue weighted by Crippen LogP contribution is -1.98. The highest BCUT2D eigenvalue weighted by atomic mass is 35.5. The van der Waals surface area contributed by atoms with Crippen LogP contribution in [-0.2, 0) is 6.42 Å². The Bertz CT molecular complexity index is 597. The fraction of sp³-hybridized carbons (Fsp3) is 0.182. The Kier molecular flexibility index (Phi) is 2.65. The standard InChI is InChI=1S/C11H8Cl2N2OS/c12-5-3-6-9-8(17-11(14)15-9)1-2-16-10(6)7(13)4-5/h3-4H,1-2H2,(H2,14,15). The summed E-state index contributed by atoms with van der Waals surface area (Å²) in [5.74, 6) is 0.639. The van der Waals surface area contributed by atoms with Gasteiger partial charge in [-0.2, -0.15) is 0 Å². The molecule has 2 aromatic rings. The van der Waals surface area contributed by atoms with Crippen LogP contribution in [0.25, 0.3) is 11.3 Å². The molecule has 88 valence electrons. The Hall–Kier alpha value is -0.970. The van der Waals surface area contributed by atoms with Gasteiger partial charge in [-0.15, -0.1) is 11.3 Å². The molecule has 0 saturated carbocycles. The van der Waals surface area contributed by atoms with Crippen LogP contribution >= 0.6 is 34.5 Å². The van der Waals surface area contributed by atoms with Crippen molar-refractivity contribution in [1.29, 1.82) is 0 Å². The van der Waals surface area contributed by atoms with Gasteiger partial charge in [-0.3, -0.25) is 0 Å². The quantitative estimate of drug-likeness (QED) is 0.804. The van der Waals surface area contributed by atoms with Crippen molar-refractivity contribution < 1.29 is 4.74 Å². The number of rotatable bonds is 0. The number of hydrogen-bond acceptors (Lipinski definition) is 4. The summed E-state index contributed by atoms with van der Waals surface area (Å²) in [5.41, 5.74) is 7.40. The first-order valence-electron chi connectivity index (χ1n) is 5.02. The van der Waals surface area contributed by atoms with Crippen LogP contribution in [0.5, 0.6) is 5.75 Å². The monoisotopic (exact) mass is 286 g/mol. The van der Waals surface area contributed by atoms with Crippen LogP contribution in [0.3, 0.4) is 0 Å². The van der Waals surface area contributed by atoms with E-state index in [1.807, 2.05) is 6.07 Å². The molecule has 0 atom stereocenters. The summed E-state index contributed by atoms with van der Waals surface area (Å²) in [4.78, 5) is 5.44. The van der Waals surface area contributed by atoms with Gasteiger partial charge in [0.15, 0.2) is 5.13 Å². The molecule has 0 radical (unpaired) electrons. The number of hydrogen-bond donors (Lipinski definition) is 1. The summed E-state index contributed by atoms with van der Waals surface area (Å²) in [6, 6.07) is 3.48. The average molecular weight is 287 g/mol. The van der Waals surface area contributed by atoms with E-state index in [1.165, 1.54) is 11.3 Å². The third kappa shape index (κ3) is 1.86. The average Bonchev–Trinajstić information content (AvgIpc) is 2.54. The fourth-order valence-electron chi connectivity index (χ4n) is 1.88. The first kappa shape index (κ1) is 11.1. The van der Waals surface area contributed by atoms with Gasteiger partial charge in [-0.05, 0) is 12.1 Å². The molecule has 3 rings (SSSR count). The number of fused-ring (bicyclic) bond motifs is 3. The van der Waals surface area contributed by atoms with Gasteiger partial charge in [-0.1, -0.05) is 23.2 Å². The molecule has 0 saturated heterocycles. The number of nitrogens with two attached hydrogens (primary N) is 1. The summed E-state index contributed by atoms with van der Waals surface area (Å²) >= 11 is 13.6. The lowest BCUT2D eigenvalue weighted by atomic mass is 10.1. The highest BCUT2D eigenvalue weighted by Gasteiger charge is 2.22. The largest absolute Gasteiger partial charge is 0.491 e. The summed E-state index contributed by atoms with van der Waals surface area (Å²) < 4.78 is 5.65. The molecule has 0 fully saturated rings. The molecule has 1 aromatic heterocycles. The van der Waals surface area contributed by atoms with Crippen molar-refractivity contribution in [3.63, 3.8) is 0 Å². The van der Waals surface area contributed by atoms with Gasteiger partial charge in [0, 0.05) is 21.9 Å². The third-order valence-corrected chi connectivity index (χ3v) is 4.00. The minimum absolute atomic E-state index is 0.506. The van der Waals surface area contributed by atoms with Crippen LogP contribution in [0, 0.1) is 0 Å². The van der Waals surface area contributed by atoms with Crippen molar-refractivity contribution in [2.75, 3.05) is 12.3 Å². The van der Waals surface area contributed by atoms with Crippen LogP contribution in [0.2, 0.25) is 10.0 Å². The number of halogens is 2. The predicted octanol–water partition coefficient (Wildman–Crippen LogP) is 3.63. The molecule has 3 nitrogen and oxygen atoms in total. The van der Waals surface area contributed by atoms with Gasteiger partial charge < -0.3 is 10.5 Å². The first-order valence-corrected chi connectivity index (χ1v) is 6.60. The second kappa shape index (κ2) is 4.05. The van der Waals surface area contributed by atoms with Crippen molar-refractivity contribution in [3.05, 3.63) is 27.1 Å². The summed E-state index contributed by atoms with van der Waals surface area (Å²) in [5, 5.41) is 1.63. The van der Waals surface area contributed by atoms with Gasteiger partial charge in [0.2, 0.25) is 0 Å². The number of aromatic nitrogens is 1. The van der Waals surface area contributed by atoms with Crippen molar-refractivity contribution >= 4 is 39.7 Å². The molecule has 0 unspecified atom stereocenters. The van der Waals surface area contributed by atoms with E-state index >= 15 is 0 Å². The van der Waals surface area contributed by atoms with E-state index in [1.54, 1.807) is 6.07 Å². The number of ether oxygens (including phenoxy) is 1. The lowest BCUT2D eigenvalue weighted by Gasteiger charge is -2.09. The first-order chi connectivity index (χ1) is 8.15. The van der Waals surface area contributed by atoms with Crippen molar-refractivity contribution in [3.8, 4) is 17.0 Å². The Labute approximate surface area is 112 Å². The number of thiazole rings is 1. The number of benzene rings is 1. The van der Waals surface area contributed by atoms with Crippen LogP contribution in [0.1, 0.15) is 4.88 Å². The summed E-state index contributed by atoms with van der Waals surface area (Å²) in [6.07, 6.45) is 0.785. The van der Waals surface area contributed by atoms with Crippen LogP contribution in [0.4, 0.5) is 5.13 Å². The zero-order chi connectivity index (χ0) is 12.0. The molecule has 0 aliphatic carbocycles. The van der Waals surface area contributed by atoms with Crippen molar-refractivity contribution in [2.24, 2.45) is 0 Å². The second-order valence-electron chi connectivity index (χ2n) is 3.69. The molecule has 2 N–H and O–H groups in total. The summed E-state index contributed by atoms with van der Waals surface area (Å²) in [6.45, 7) is 0.572. The van der Waals surface area contributed by atoms with E-state index < -0.39 is 0 Å². The van der Waals surface area contributed by atoms with Crippen LogP contribution in [-0.4, -0.2) is 11.6 Å². The molecule has 0 amide bonds. The third-order valence-electron chi connectivity index (χ3n) is 2.55. The van der Waals surface area contributed by atoms with Crippen LogP contribution < -0.4 is 10.5 Å². The Morgan fingerprint density at radius 2 is 2.18 bits per heavy atom. The molecular weight excluding hydrogens is 279 g/mol. The maximum atomic E-state index is 6.13. The summed E-state index contributed by atoms with van der Waals surface area (Å²) in [7, 11) is 0. The highest BCUT2D eigenvalue weighted by Crippen LogP contribution is 2.43. The molecule has 1 aromatic carbocycles. The van der Waals surface area contributed by atoms with E-state index in [2.05, 4.69) is 4.98 Å². The maximum absolute atomic E-state index is 6.13. The Morgan fingerprint density at radius 3 is 3.00 bits per heavy atom. The number of nitrogens with zero attached hydrogens (tertiary/aromatic N) is 1. The number of nitrogen functional groups attached to an aromatic ring is 1. The van der Waals surface area contributed by atoms with E-state index in [9.17, 15) is 0 Å². The van der Waals surface area contributed by atoms with Gasteiger partial charge in [-0.25, -0.2) is 4.98 Å². The molecule has 2 heterocycles. The van der Waals surface area contributed by atoms with E-state index in [4.69, 9.17) is 33.7 Å². The zero-order valence-corrected chi connectivity index (χ0v) is 11.0. The smallest absolute Gasteiger partial charge is 0.180 e. The van der Waals surface area contributed by atoms with Crippen LogP contribution in [0.15, 0.2) is 12.1 Å². The lowest BCUT2D eigenvalue weighted by molar-refractivity contribution is 0.327. The maximum Gasteiger partial charge on any atom is 0.180 e. The molecule has 1 aliphatic rings. The molecule has 0 bridgehead atoms. The van der Waals surface area contributed by atoms with E-state index in [-0.39, 0.29) is 0 Å². The SMILES string of the molecule is Nc1nc2c(s1)CCOc1c(Cl)cc(Cl)cc1-2. The van der Waals surface area contributed by atoms with Crippen molar-refractivity contribution in [1.82, 2.24) is 4.98 Å². The normalized spacial score (nSPS) is 13.5. The Balaban J connectivity index is 2.31. The van der Waals surface area contributed by atoms with Gasteiger partial charge in [0.25, 0.3) is 0 Å².